The molecule has 1 fully saturated rings. The number of hydrogen-bond acceptors (Lipinski definition) is 5. The van der Waals surface area contributed by atoms with Gasteiger partial charge in [-0.25, -0.2) is 9.97 Å². The second kappa shape index (κ2) is 7.20. The van der Waals surface area contributed by atoms with E-state index in [1.165, 1.54) is 6.42 Å². The molecule has 4 aromatic rings. The van der Waals surface area contributed by atoms with Gasteiger partial charge >= 0.3 is 6.01 Å². The molecule has 30 heavy (non-hydrogen) atoms. The third-order valence-corrected chi connectivity index (χ3v) is 5.69. The summed E-state index contributed by atoms with van der Waals surface area (Å²) < 4.78 is 8.22. The number of rotatable bonds is 4. The Labute approximate surface area is 174 Å². The summed E-state index contributed by atoms with van der Waals surface area (Å²) in [5.74, 6) is 0.652. The van der Waals surface area contributed by atoms with Gasteiger partial charge in [-0.3, -0.25) is 0 Å². The standard InChI is InChI=1S/C24H21N5O/c1-15-11-12-27-24(28-15)30-19-9-10-20-21(14-25)23(16-5-7-17(26)8-6-16)29(22(20)13-19)18-3-2-4-18/h5-13,18H,2-4,26H2,1H3. The minimum Gasteiger partial charge on any atom is -0.424 e. The highest BCUT2D eigenvalue weighted by Crippen LogP contribution is 2.43. The van der Waals surface area contributed by atoms with Gasteiger partial charge in [-0.05, 0) is 62.1 Å². The Morgan fingerprint density at radius 3 is 2.60 bits per heavy atom. The Bertz CT molecular complexity index is 1280. The van der Waals surface area contributed by atoms with E-state index < -0.39 is 0 Å². The Hall–Kier alpha value is -3.85. The zero-order valence-electron chi connectivity index (χ0n) is 16.7. The smallest absolute Gasteiger partial charge is 0.322 e. The van der Waals surface area contributed by atoms with E-state index in [1.54, 1.807) is 6.20 Å². The first-order valence-electron chi connectivity index (χ1n) is 10.1. The first-order valence-corrected chi connectivity index (χ1v) is 10.1. The summed E-state index contributed by atoms with van der Waals surface area (Å²) in [6.45, 7) is 1.90. The molecule has 0 bridgehead atoms. The zero-order valence-corrected chi connectivity index (χ0v) is 16.7. The maximum absolute atomic E-state index is 10.0. The Kier molecular flexibility index (Phi) is 4.36. The average molecular weight is 395 g/mol. The van der Waals surface area contributed by atoms with Crippen molar-refractivity contribution < 1.29 is 4.74 Å². The minimum atomic E-state index is 0.315. The number of nitrogens with zero attached hydrogens (tertiary/aromatic N) is 4. The van der Waals surface area contributed by atoms with Crippen molar-refractivity contribution in [1.29, 1.82) is 5.26 Å². The van der Waals surface area contributed by atoms with E-state index >= 15 is 0 Å². The molecule has 148 valence electrons. The lowest BCUT2D eigenvalue weighted by atomic mass is 9.92. The lowest BCUT2D eigenvalue weighted by Crippen LogP contribution is -2.17. The summed E-state index contributed by atoms with van der Waals surface area (Å²) in [6.07, 6.45) is 5.08. The molecular formula is C24H21N5O. The van der Waals surface area contributed by atoms with Gasteiger partial charge in [0, 0.05) is 35.1 Å². The molecule has 0 saturated heterocycles. The lowest BCUT2D eigenvalue weighted by Gasteiger charge is -2.30. The topological polar surface area (TPSA) is 89.7 Å². The Balaban J connectivity index is 1.69. The van der Waals surface area contributed by atoms with Crippen molar-refractivity contribution in [2.24, 2.45) is 0 Å². The summed E-state index contributed by atoms with van der Waals surface area (Å²) >= 11 is 0. The van der Waals surface area contributed by atoms with E-state index in [9.17, 15) is 5.26 Å². The van der Waals surface area contributed by atoms with Crippen molar-refractivity contribution in [2.75, 3.05) is 5.73 Å². The number of aryl methyl sites for hydroxylation is 1. The maximum atomic E-state index is 10.0. The maximum Gasteiger partial charge on any atom is 0.322 e. The Morgan fingerprint density at radius 1 is 1.13 bits per heavy atom. The molecular weight excluding hydrogens is 374 g/mol. The van der Waals surface area contributed by atoms with Gasteiger partial charge in [-0.1, -0.05) is 12.1 Å². The van der Waals surface area contributed by atoms with E-state index in [2.05, 4.69) is 20.6 Å². The van der Waals surface area contributed by atoms with Crippen LogP contribution in [0, 0.1) is 18.3 Å². The molecule has 0 unspecified atom stereocenters. The third kappa shape index (κ3) is 3.05. The summed E-state index contributed by atoms with van der Waals surface area (Å²) in [5, 5.41) is 10.9. The average Bonchev–Trinajstić information content (AvgIpc) is 3.01. The molecule has 1 saturated carbocycles. The molecule has 5 rings (SSSR count). The van der Waals surface area contributed by atoms with Crippen LogP contribution < -0.4 is 10.5 Å². The van der Waals surface area contributed by atoms with Crippen molar-refractivity contribution in [1.82, 2.24) is 14.5 Å². The van der Waals surface area contributed by atoms with Crippen LogP contribution in [0.15, 0.2) is 54.7 Å². The van der Waals surface area contributed by atoms with E-state index in [0.29, 0.717) is 29.1 Å². The van der Waals surface area contributed by atoms with Crippen molar-refractivity contribution >= 4 is 16.6 Å². The molecule has 0 radical (unpaired) electrons. The molecule has 1 aliphatic carbocycles. The van der Waals surface area contributed by atoms with Crippen LogP contribution in [0.3, 0.4) is 0 Å². The molecule has 6 nitrogen and oxygen atoms in total. The van der Waals surface area contributed by atoms with Gasteiger partial charge in [0.25, 0.3) is 0 Å². The van der Waals surface area contributed by atoms with Crippen molar-refractivity contribution in [3.05, 3.63) is 66.0 Å². The van der Waals surface area contributed by atoms with Crippen LogP contribution in [-0.4, -0.2) is 14.5 Å². The van der Waals surface area contributed by atoms with Crippen LogP contribution in [0.25, 0.3) is 22.2 Å². The third-order valence-electron chi connectivity index (χ3n) is 5.69. The number of nitrogens with two attached hydrogens (primary N) is 1. The number of nitrogen functional groups attached to an aromatic ring is 1. The van der Waals surface area contributed by atoms with Crippen molar-refractivity contribution in [2.45, 2.75) is 32.2 Å². The van der Waals surface area contributed by atoms with Crippen LogP contribution in [0.5, 0.6) is 11.8 Å². The first-order chi connectivity index (χ1) is 14.6. The molecule has 2 aromatic heterocycles. The summed E-state index contributed by atoms with van der Waals surface area (Å²) in [4.78, 5) is 8.51. The number of ether oxygens (including phenoxy) is 1. The molecule has 0 spiro atoms. The van der Waals surface area contributed by atoms with Crippen LogP contribution in [-0.2, 0) is 0 Å². The van der Waals surface area contributed by atoms with E-state index in [4.69, 9.17) is 10.5 Å². The second-order valence-electron chi connectivity index (χ2n) is 7.67. The van der Waals surface area contributed by atoms with Crippen LogP contribution in [0.4, 0.5) is 5.69 Å². The fraction of sp³-hybridized carbons (Fsp3) is 0.208. The van der Waals surface area contributed by atoms with E-state index in [-0.39, 0.29) is 0 Å². The highest BCUT2D eigenvalue weighted by molar-refractivity contribution is 5.95. The zero-order chi connectivity index (χ0) is 20.7. The number of nitriles is 1. The van der Waals surface area contributed by atoms with Crippen LogP contribution in [0.2, 0.25) is 0 Å². The van der Waals surface area contributed by atoms with Gasteiger partial charge in [-0.2, -0.15) is 5.26 Å². The number of benzene rings is 2. The molecule has 2 heterocycles. The first kappa shape index (κ1) is 18.2. The lowest BCUT2D eigenvalue weighted by molar-refractivity contribution is 0.324. The molecule has 0 aliphatic heterocycles. The quantitative estimate of drug-likeness (QED) is 0.469. The second-order valence-corrected chi connectivity index (χ2v) is 7.67. The fourth-order valence-corrected chi connectivity index (χ4v) is 4.00. The van der Waals surface area contributed by atoms with Gasteiger partial charge < -0.3 is 15.0 Å². The summed E-state index contributed by atoms with van der Waals surface area (Å²) in [5.41, 5.74) is 11.1. The summed E-state index contributed by atoms with van der Waals surface area (Å²) in [6, 6.07) is 18.5. The molecule has 2 N–H and O–H groups in total. The highest BCUT2D eigenvalue weighted by atomic mass is 16.5. The predicted octanol–water partition coefficient (Wildman–Crippen LogP) is 5.38. The number of anilines is 1. The van der Waals surface area contributed by atoms with Gasteiger partial charge in [0.1, 0.15) is 11.8 Å². The number of hydrogen-bond donors (Lipinski definition) is 1. The highest BCUT2D eigenvalue weighted by Gasteiger charge is 2.28. The molecule has 1 aliphatic rings. The SMILES string of the molecule is Cc1ccnc(Oc2ccc3c(C#N)c(-c4ccc(N)cc4)n(C4CCC4)c3c2)n1. The van der Waals surface area contributed by atoms with Gasteiger partial charge in [0.2, 0.25) is 0 Å². The molecule has 0 amide bonds. The van der Waals surface area contributed by atoms with E-state index in [0.717, 1.165) is 40.7 Å². The molecule has 0 atom stereocenters. The van der Waals surface area contributed by atoms with Gasteiger partial charge in [0.05, 0.1) is 16.8 Å². The molecule has 2 aromatic carbocycles. The number of aromatic nitrogens is 3. The van der Waals surface area contributed by atoms with Gasteiger partial charge in [0.15, 0.2) is 0 Å². The monoisotopic (exact) mass is 395 g/mol. The minimum absolute atomic E-state index is 0.315. The van der Waals surface area contributed by atoms with Crippen LogP contribution >= 0.6 is 0 Å². The molecule has 6 heteroatoms. The fourth-order valence-electron chi connectivity index (χ4n) is 4.00. The van der Waals surface area contributed by atoms with Crippen LogP contribution in [0.1, 0.15) is 36.6 Å². The Morgan fingerprint density at radius 2 is 1.93 bits per heavy atom. The van der Waals surface area contributed by atoms with Gasteiger partial charge in [-0.15, -0.1) is 0 Å². The predicted molar refractivity (Wildman–Crippen MR) is 116 cm³/mol. The summed E-state index contributed by atoms with van der Waals surface area (Å²) in [7, 11) is 0. The van der Waals surface area contributed by atoms with Crippen molar-refractivity contribution in [3.8, 4) is 29.1 Å². The largest absolute Gasteiger partial charge is 0.424 e. The van der Waals surface area contributed by atoms with E-state index in [1.807, 2.05) is 55.5 Å². The number of fused-ring (bicyclic) bond motifs is 1. The normalized spacial score (nSPS) is 13.7. The van der Waals surface area contributed by atoms with Crippen molar-refractivity contribution in [3.63, 3.8) is 0 Å².